The maximum absolute atomic E-state index is 2.32. The van der Waals surface area contributed by atoms with Gasteiger partial charge in [-0.2, -0.15) is 0 Å². The molecule has 0 spiro atoms. The number of aryl methyl sites for hydroxylation is 3. The van der Waals surface area contributed by atoms with E-state index in [2.05, 4.69) is 87.5 Å². The summed E-state index contributed by atoms with van der Waals surface area (Å²) in [5.74, 6) is 0. The predicted octanol–water partition coefficient (Wildman–Crippen LogP) is 6.59. The van der Waals surface area contributed by atoms with Crippen LogP contribution in [0.5, 0.6) is 0 Å². The number of hydrogen-bond donors (Lipinski definition) is 0. The van der Waals surface area contributed by atoms with Crippen LogP contribution in [0.1, 0.15) is 16.7 Å². The first-order valence-corrected chi connectivity index (χ1v) is 8.14. The molecule has 0 aliphatic rings. The van der Waals surface area contributed by atoms with Crippen LogP contribution in [0.25, 0.3) is 32.7 Å². The lowest BCUT2D eigenvalue weighted by atomic mass is 9.88. The van der Waals surface area contributed by atoms with E-state index in [1.54, 1.807) is 0 Å². The second-order valence-electron chi connectivity index (χ2n) is 6.39. The summed E-state index contributed by atoms with van der Waals surface area (Å²) in [4.78, 5) is 0. The molecule has 4 aromatic carbocycles. The van der Waals surface area contributed by atoms with Gasteiger partial charge in [-0.05, 0) is 70.1 Å². The van der Waals surface area contributed by atoms with Gasteiger partial charge in [0.15, 0.2) is 0 Å². The fourth-order valence-electron chi connectivity index (χ4n) is 3.55. The molecule has 0 fully saturated rings. The third kappa shape index (κ3) is 2.14. The van der Waals surface area contributed by atoms with Gasteiger partial charge in [-0.15, -0.1) is 0 Å². The van der Waals surface area contributed by atoms with E-state index in [1.807, 2.05) is 0 Å². The van der Waals surface area contributed by atoms with Crippen LogP contribution < -0.4 is 0 Å². The molecule has 23 heavy (non-hydrogen) atoms. The Labute approximate surface area is 137 Å². The highest BCUT2D eigenvalue weighted by molar-refractivity contribution is 6.14. The molecular formula is C23H20. The summed E-state index contributed by atoms with van der Waals surface area (Å²) < 4.78 is 0. The van der Waals surface area contributed by atoms with Gasteiger partial charge in [0.2, 0.25) is 0 Å². The lowest BCUT2D eigenvalue weighted by Gasteiger charge is -2.16. The summed E-state index contributed by atoms with van der Waals surface area (Å²) >= 11 is 0. The van der Waals surface area contributed by atoms with E-state index in [9.17, 15) is 0 Å². The van der Waals surface area contributed by atoms with Gasteiger partial charge < -0.3 is 0 Å². The van der Waals surface area contributed by atoms with Crippen LogP contribution in [-0.4, -0.2) is 0 Å². The van der Waals surface area contributed by atoms with Crippen molar-refractivity contribution in [2.75, 3.05) is 0 Å². The summed E-state index contributed by atoms with van der Waals surface area (Å²) in [5.41, 5.74) is 6.71. The van der Waals surface area contributed by atoms with Crippen molar-refractivity contribution in [3.05, 3.63) is 83.4 Å². The summed E-state index contributed by atoms with van der Waals surface area (Å²) in [6.07, 6.45) is 0. The third-order valence-corrected chi connectivity index (χ3v) is 5.00. The molecular weight excluding hydrogens is 276 g/mol. The van der Waals surface area contributed by atoms with Gasteiger partial charge in [0.25, 0.3) is 0 Å². The molecule has 0 radical (unpaired) electrons. The summed E-state index contributed by atoms with van der Waals surface area (Å²) in [7, 11) is 0. The zero-order chi connectivity index (χ0) is 16.0. The van der Waals surface area contributed by atoms with Crippen LogP contribution in [0.4, 0.5) is 0 Å². The Morgan fingerprint density at radius 3 is 1.57 bits per heavy atom. The minimum Gasteiger partial charge on any atom is -0.0616 e. The average molecular weight is 296 g/mol. The van der Waals surface area contributed by atoms with Gasteiger partial charge in [-0.1, -0.05) is 66.7 Å². The van der Waals surface area contributed by atoms with Crippen LogP contribution in [0.3, 0.4) is 0 Å². The van der Waals surface area contributed by atoms with E-state index in [4.69, 9.17) is 0 Å². The molecule has 0 aliphatic heterocycles. The SMILES string of the molecule is Cc1ccc(-c2c3ccccc3c(C)c3ccccc23)cc1C. The molecule has 0 aliphatic carbocycles. The highest BCUT2D eigenvalue weighted by Gasteiger charge is 2.12. The molecule has 0 aromatic heterocycles. The Morgan fingerprint density at radius 1 is 0.522 bits per heavy atom. The standard InChI is InChI=1S/C23H20/c1-15-12-13-18(14-16(15)2)23-21-10-6-4-8-19(21)17(3)20-9-5-7-11-22(20)23/h4-14H,1-3H3. The van der Waals surface area contributed by atoms with Gasteiger partial charge in [0, 0.05) is 0 Å². The van der Waals surface area contributed by atoms with E-state index >= 15 is 0 Å². The molecule has 0 atom stereocenters. The second kappa shape index (κ2) is 5.24. The summed E-state index contributed by atoms with van der Waals surface area (Å²) in [6, 6.07) is 24.3. The molecule has 0 bridgehead atoms. The van der Waals surface area contributed by atoms with Crippen LogP contribution in [-0.2, 0) is 0 Å². The molecule has 0 nitrogen and oxygen atoms in total. The Morgan fingerprint density at radius 2 is 1.04 bits per heavy atom. The van der Waals surface area contributed by atoms with Gasteiger partial charge in [0.1, 0.15) is 0 Å². The van der Waals surface area contributed by atoms with E-state index in [-0.39, 0.29) is 0 Å². The number of rotatable bonds is 1. The molecule has 0 N–H and O–H groups in total. The fraction of sp³-hybridized carbons (Fsp3) is 0.130. The minimum absolute atomic E-state index is 1.31. The smallest absolute Gasteiger partial charge is 0.00265 e. The topological polar surface area (TPSA) is 0 Å². The van der Waals surface area contributed by atoms with Crippen molar-refractivity contribution >= 4 is 21.5 Å². The molecule has 0 amide bonds. The van der Waals surface area contributed by atoms with Gasteiger partial charge >= 0.3 is 0 Å². The Balaban J connectivity index is 2.22. The van der Waals surface area contributed by atoms with Gasteiger partial charge in [-0.3, -0.25) is 0 Å². The maximum Gasteiger partial charge on any atom is -0.00265 e. The van der Waals surface area contributed by atoms with E-state index in [0.29, 0.717) is 0 Å². The molecule has 0 saturated carbocycles. The second-order valence-corrected chi connectivity index (χ2v) is 6.39. The number of fused-ring (bicyclic) bond motifs is 2. The zero-order valence-corrected chi connectivity index (χ0v) is 13.9. The van der Waals surface area contributed by atoms with Crippen LogP contribution >= 0.6 is 0 Å². The van der Waals surface area contributed by atoms with Crippen molar-refractivity contribution < 1.29 is 0 Å². The van der Waals surface area contributed by atoms with Crippen molar-refractivity contribution in [2.45, 2.75) is 20.8 Å². The molecule has 112 valence electrons. The first-order valence-electron chi connectivity index (χ1n) is 8.14. The first kappa shape index (κ1) is 14.0. The maximum atomic E-state index is 2.32. The van der Waals surface area contributed by atoms with Crippen LogP contribution in [0, 0.1) is 20.8 Å². The van der Waals surface area contributed by atoms with Crippen molar-refractivity contribution in [2.24, 2.45) is 0 Å². The normalized spacial score (nSPS) is 11.3. The first-order chi connectivity index (χ1) is 11.2. The minimum atomic E-state index is 1.31. The summed E-state index contributed by atoms with van der Waals surface area (Å²) in [5, 5.41) is 5.37. The highest BCUT2D eigenvalue weighted by atomic mass is 14.2. The van der Waals surface area contributed by atoms with Gasteiger partial charge in [-0.25, -0.2) is 0 Å². The van der Waals surface area contributed by atoms with Crippen molar-refractivity contribution in [3.8, 4) is 11.1 Å². The molecule has 0 heteroatoms. The molecule has 0 unspecified atom stereocenters. The van der Waals surface area contributed by atoms with E-state index in [1.165, 1.54) is 49.4 Å². The molecule has 4 aromatic rings. The monoisotopic (exact) mass is 296 g/mol. The van der Waals surface area contributed by atoms with E-state index in [0.717, 1.165) is 0 Å². The predicted molar refractivity (Wildman–Crippen MR) is 101 cm³/mol. The van der Waals surface area contributed by atoms with Crippen LogP contribution in [0.15, 0.2) is 66.7 Å². The van der Waals surface area contributed by atoms with E-state index < -0.39 is 0 Å². The lowest BCUT2D eigenvalue weighted by Crippen LogP contribution is -1.90. The lowest BCUT2D eigenvalue weighted by molar-refractivity contribution is 1.34. The van der Waals surface area contributed by atoms with Gasteiger partial charge in [0.05, 0.1) is 0 Å². The molecule has 4 rings (SSSR count). The average Bonchev–Trinajstić information content (AvgIpc) is 2.58. The zero-order valence-electron chi connectivity index (χ0n) is 13.9. The van der Waals surface area contributed by atoms with Crippen molar-refractivity contribution in [1.82, 2.24) is 0 Å². The Bertz CT molecular complexity index is 981. The Kier molecular flexibility index (Phi) is 3.20. The quantitative estimate of drug-likeness (QED) is 0.348. The highest BCUT2D eigenvalue weighted by Crippen LogP contribution is 2.39. The number of hydrogen-bond acceptors (Lipinski definition) is 0. The van der Waals surface area contributed by atoms with Crippen molar-refractivity contribution in [3.63, 3.8) is 0 Å². The third-order valence-electron chi connectivity index (χ3n) is 5.00. The largest absolute Gasteiger partial charge is 0.0616 e. The molecule has 0 saturated heterocycles. The Hall–Kier alpha value is -2.60. The summed E-state index contributed by atoms with van der Waals surface area (Å²) in [6.45, 7) is 6.59. The van der Waals surface area contributed by atoms with Crippen molar-refractivity contribution in [1.29, 1.82) is 0 Å². The van der Waals surface area contributed by atoms with Crippen LogP contribution in [0.2, 0.25) is 0 Å². The molecule has 0 heterocycles. The number of benzene rings is 4. The fourth-order valence-corrected chi connectivity index (χ4v) is 3.55.